The van der Waals surface area contributed by atoms with Gasteiger partial charge in [-0.25, -0.2) is 0 Å². The van der Waals surface area contributed by atoms with Crippen molar-refractivity contribution >= 4 is 5.97 Å². The second kappa shape index (κ2) is 7.71. The van der Waals surface area contributed by atoms with Crippen LogP contribution in [-0.4, -0.2) is 60.9 Å². The molecule has 0 aromatic carbocycles. The van der Waals surface area contributed by atoms with Crippen molar-refractivity contribution in [2.24, 2.45) is 0 Å². The summed E-state index contributed by atoms with van der Waals surface area (Å²) in [6.45, 7) is 6.73. The molecule has 1 heterocycles. The number of rotatable bonds is 7. The molecule has 2 N–H and O–H groups in total. The van der Waals surface area contributed by atoms with Crippen LogP contribution in [0.4, 0.5) is 0 Å². The Bertz CT molecular complexity index is 259. The third-order valence-electron chi connectivity index (χ3n) is 3.36. The lowest BCUT2D eigenvalue weighted by Crippen LogP contribution is -2.45. The van der Waals surface area contributed by atoms with Gasteiger partial charge in [-0.05, 0) is 25.8 Å². The third kappa shape index (κ3) is 5.33. The van der Waals surface area contributed by atoms with Gasteiger partial charge in [0.1, 0.15) is 6.04 Å². The highest BCUT2D eigenvalue weighted by Gasteiger charge is 2.22. The first-order chi connectivity index (χ1) is 8.52. The molecule has 0 saturated carbocycles. The quantitative estimate of drug-likeness (QED) is 0.711. The minimum atomic E-state index is -0.760. The Hall–Kier alpha value is -0.650. The Labute approximate surface area is 109 Å². The molecule has 1 aliphatic rings. The van der Waals surface area contributed by atoms with E-state index in [1.807, 2.05) is 13.8 Å². The Morgan fingerprint density at radius 1 is 1.56 bits per heavy atom. The Kier molecular flexibility index (Phi) is 6.60. The van der Waals surface area contributed by atoms with E-state index in [0.717, 1.165) is 32.5 Å². The zero-order chi connectivity index (χ0) is 13.5. The summed E-state index contributed by atoms with van der Waals surface area (Å²) >= 11 is 0. The monoisotopic (exact) mass is 258 g/mol. The second-order valence-corrected chi connectivity index (χ2v) is 5.30. The lowest BCUT2D eigenvalue weighted by molar-refractivity contribution is -0.140. The lowest BCUT2D eigenvalue weighted by atomic mass is 10.1. The summed E-state index contributed by atoms with van der Waals surface area (Å²) in [5.41, 5.74) is 0. The molecule has 0 spiro atoms. The van der Waals surface area contributed by atoms with E-state index in [9.17, 15) is 4.79 Å². The molecule has 1 fully saturated rings. The van der Waals surface area contributed by atoms with Gasteiger partial charge in [-0.15, -0.1) is 0 Å². The van der Waals surface area contributed by atoms with Gasteiger partial charge in [-0.3, -0.25) is 4.79 Å². The number of likely N-dealkylation sites (tertiary alicyclic amines) is 1. The van der Waals surface area contributed by atoms with Gasteiger partial charge < -0.3 is 20.1 Å². The van der Waals surface area contributed by atoms with Crippen molar-refractivity contribution in [3.8, 4) is 0 Å². The van der Waals surface area contributed by atoms with Crippen molar-refractivity contribution in [2.45, 2.75) is 51.3 Å². The molecule has 5 nitrogen and oxygen atoms in total. The molecule has 0 aliphatic carbocycles. The van der Waals surface area contributed by atoms with Crippen LogP contribution in [0.5, 0.6) is 0 Å². The van der Waals surface area contributed by atoms with Crippen LogP contribution < -0.4 is 5.32 Å². The van der Waals surface area contributed by atoms with Crippen molar-refractivity contribution in [3.05, 3.63) is 0 Å². The number of hydrogen-bond acceptors (Lipinski definition) is 4. The molecule has 0 aromatic rings. The fraction of sp³-hybridized carbons (Fsp3) is 0.923. The molecule has 0 amide bonds. The summed E-state index contributed by atoms with van der Waals surface area (Å²) in [4.78, 5) is 13.4. The first-order valence-electron chi connectivity index (χ1n) is 6.77. The average molecular weight is 258 g/mol. The molecule has 0 bridgehead atoms. The van der Waals surface area contributed by atoms with Gasteiger partial charge in [0.15, 0.2) is 0 Å². The normalized spacial score (nSPS) is 23.2. The highest BCUT2D eigenvalue weighted by molar-refractivity contribution is 5.73. The molecule has 106 valence electrons. The number of carboxylic acids is 1. The molecule has 1 aliphatic heterocycles. The van der Waals surface area contributed by atoms with Gasteiger partial charge in [0.05, 0.1) is 6.10 Å². The molecule has 18 heavy (non-hydrogen) atoms. The Morgan fingerprint density at radius 2 is 2.28 bits per heavy atom. The van der Waals surface area contributed by atoms with E-state index < -0.39 is 12.0 Å². The van der Waals surface area contributed by atoms with Crippen LogP contribution in [0.15, 0.2) is 0 Å². The molecule has 5 heteroatoms. The molecule has 2 atom stereocenters. The summed E-state index contributed by atoms with van der Waals surface area (Å²) in [5, 5.41) is 12.2. The smallest absolute Gasteiger partial charge is 0.320 e. The van der Waals surface area contributed by atoms with E-state index in [4.69, 9.17) is 9.84 Å². The van der Waals surface area contributed by atoms with Gasteiger partial charge in [-0.2, -0.15) is 0 Å². The van der Waals surface area contributed by atoms with E-state index in [-0.39, 0.29) is 6.04 Å². The second-order valence-electron chi connectivity index (χ2n) is 5.30. The first kappa shape index (κ1) is 15.4. The number of nitrogens with one attached hydrogen (secondary N) is 1. The molecular weight excluding hydrogens is 232 g/mol. The third-order valence-corrected chi connectivity index (χ3v) is 3.36. The van der Waals surface area contributed by atoms with Crippen molar-refractivity contribution < 1.29 is 14.6 Å². The highest BCUT2D eigenvalue weighted by atomic mass is 16.5. The standard InChI is InChI=1S/C13H26N2O3/c1-10(2)14-12(13(16)17)6-8-15-7-4-5-11(9-15)18-3/h10-12,14H,4-9H2,1-3H3,(H,16,17). The van der Waals surface area contributed by atoms with Crippen LogP contribution in [0.2, 0.25) is 0 Å². The number of piperidine rings is 1. The minimum absolute atomic E-state index is 0.194. The van der Waals surface area contributed by atoms with Gasteiger partial charge in [-0.1, -0.05) is 13.8 Å². The lowest BCUT2D eigenvalue weighted by Gasteiger charge is -2.32. The zero-order valence-corrected chi connectivity index (χ0v) is 11.7. The molecule has 2 unspecified atom stereocenters. The summed E-state index contributed by atoms with van der Waals surface area (Å²) in [6, 6.07) is -0.257. The highest BCUT2D eigenvalue weighted by Crippen LogP contribution is 2.13. The molecule has 1 rings (SSSR count). The van der Waals surface area contributed by atoms with Crippen molar-refractivity contribution in [1.29, 1.82) is 0 Å². The number of aliphatic carboxylic acids is 1. The van der Waals surface area contributed by atoms with Crippen LogP contribution in [0.3, 0.4) is 0 Å². The summed E-state index contributed by atoms with van der Waals surface area (Å²) < 4.78 is 5.37. The van der Waals surface area contributed by atoms with Crippen LogP contribution in [0.1, 0.15) is 33.1 Å². The van der Waals surface area contributed by atoms with Gasteiger partial charge in [0, 0.05) is 26.2 Å². The van der Waals surface area contributed by atoms with Crippen molar-refractivity contribution in [1.82, 2.24) is 10.2 Å². The number of hydrogen-bond donors (Lipinski definition) is 2. The number of methoxy groups -OCH3 is 1. The van der Waals surface area contributed by atoms with E-state index in [0.29, 0.717) is 12.5 Å². The van der Waals surface area contributed by atoms with Gasteiger partial charge in [0.2, 0.25) is 0 Å². The predicted molar refractivity (Wildman–Crippen MR) is 70.8 cm³/mol. The largest absolute Gasteiger partial charge is 0.480 e. The van der Waals surface area contributed by atoms with E-state index in [1.165, 1.54) is 0 Å². The van der Waals surface area contributed by atoms with Crippen LogP contribution in [-0.2, 0) is 9.53 Å². The van der Waals surface area contributed by atoms with Gasteiger partial charge in [0.25, 0.3) is 0 Å². The maximum Gasteiger partial charge on any atom is 0.320 e. The Balaban J connectivity index is 2.34. The number of carboxylic acid groups (broad SMARTS) is 1. The van der Waals surface area contributed by atoms with Crippen molar-refractivity contribution in [3.63, 3.8) is 0 Å². The van der Waals surface area contributed by atoms with E-state index >= 15 is 0 Å². The Morgan fingerprint density at radius 3 is 2.83 bits per heavy atom. The van der Waals surface area contributed by atoms with Crippen LogP contribution in [0, 0.1) is 0 Å². The maximum atomic E-state index is 11.1. The average Bonchev–Trinajstić information content (AvgIpc) is 2.34. The van der Waals surface area contributed by atoms with Crippen LogP contribution >= 0.6 is 0 Å². The topological polar surface area (TPSA) is 61.8 Å². The van der Waals surface area contributed by atoms with Gasteiger partial charge >= 0.3 is 5.97 Å². The summed E-state index contributed by atoms with van der Waals surface area (Å²) in [7, 11) is 1.74. The zero-order valence-electron chi connectivity index (χ0n) is 11.7. The maximum absolute atomic E-state index is 11.1. The van der Waals surface area contributed by atoms with E-state index in [2.05, 4.69) is 10.2 Å². The van der Waals surface area contributed by atoms with Crippen LogP contribution in [0.25, 0.3) is 0 Å². The van der Waals surface area contributed by atoms with Crippen molar-refractivity contribution in [2.75, 3.05) is 26.7 Å². The summed E-state index contributed by atoms with van der Waals surface area (Å²) in [6.07, 6.45) is 3.19. The SMILES string of the molecule is COC1CCCN(CCC(NC(C)C)C(=O)O)C1. The molecular formula is C13H26N2O3. The summed E-state index contributed by atoms with van der Waals surface area (Å²) in [5.74, 6) is -0.760. The van der Waals surface area contributed by atoms with E-state index in [1.54, 1.807) is 7.11 Å². The fourth-order valence-electron chi connectivity index (χ4n) is 2.40. The molecule has 1 saturated heterocycles. The number of carbonyl (C=O) groups is 1. The molecule has 0 radical (unpaired) electrons. The minimum Gasteiger partial charge on any atom is -0.480 e. The molecule has 0 aromatic heterocycles. The fourth-order valence-corrected chi connectivity index (χ4v) is 2.40. The predicted octanol–water partition coefficient (Wildman–Crippen LogP) is 0.939. The first-order valence-corrected chi connectivity index (χ1v) is 6.77. The number of nitrogens with zero attached hydrogens (tertiary/aromatic N) is 1. The number of ether oxygens (including phenoxy) is 1.